The minimum Gasteiger partial charge on any atom is -0.466 e. The summed E-state index contributed by atoms with van der Waals surface area (Å²) in [4.78, 5) is 21.0. The molecular formula is C28H30N2O3. The summed E-state index contributed by atoms with van der Waals surface area (Å²) in [5.41, 5.74) is 6.46. The number of hydrogen-bond donors (Lipinski definition) is 2. The molecule has 1 aromatic heterocycles. The number of nitrogens with zero attached hydrogens (tertiary/aromatic N) is 1. The summed E-state index contributed by atoms with van der Waals surface area (Å²) in [6.07, 6.45) is 2.84. The van der Waals surface area contributed by atoms with Gasteiger partial charge in [0.1, 0.15) is 0 Å². The van der Waals surface area contributed by atoms with Gasteiger partial charge >= 0.3 is 5.97 Å². The Morgan fingerprint density at radius 2 is 1.94 bits per heavy atom. The van der Waals surface area contributed by atoms with E-state index < -0.39 is 6.10 Å². The van der Waals surface area contributed by atoms with Crippen molar-refractivity contribution in [2.45, 2.75) is 45.6 Å². The fourth-order valence-corrected chi connectivity index (χ4v) is 5.71. The van der Waals surface area contributed by atoms with E-state index >= 15 is 0 Å². The molecule has 0 saturated heterocycles. The molecule has 33 heavy (non-hydrogen) atoms. The monoisotopic (exact) mass is 442 g/mol. The highest BCUT2D eigenvalue weighted by Gasteiger charge is 2.47. The summed E-state index contributed by atoms with van der Waals surface area (Å²) in [6.45, 7) is 6.20. The number of esters is 1. The molecule has 5 rings (SSSR count). The third-order valence-corrected chi connectivity index (χ3v) is 7.13. The lowest BCUT2D eigenvalue weighted by atomic mass is 9.62. The van der Waals surface area contributed by atoms with E-state index in [1.807, 2.05) is 19.2 Å². The van der Waals surface area contributed by atoms with E-state index in [1.165, 1.54) is 7.11 Å². The molecule has 5 heteroatoms. The highest BCUT2D eigenvalue weighted by molar-refractivity contribution is 5.99. The summed E-state index contributed by atoms with van der Waals surface area (Å²) in [5, 5.41) is 12.4. The van der Waals surface area contributed by atoms with Gasteiger partial charge in [-0.05, 0) is 65.5 Å². The first kappa shape index (κ1) is 21.7. The molecule has 2 aliphatic rings. The lowest BCUT2D eigenvalue weighted by Gasteiger charge is -2.45. The van der Waals surface area contributed by atoms with Gasteiger partial charge in [-0.15, -0.1) is 0 Å². The molecule has 0 spiro atoms. The second kappa shape index (κ2) is 7.99. The molecule has 3 aromatic rings. The maximum Gasteiger partial charge on any atom is 0.336 e. The Kier molecular flexibility index (Phi) is 5.25. The van der Waals surface area contributed by atoms with E-state index in [2.05, 4.69) is 61.3 Å². The van der Waals surface area contributed by atoms with Gasteiger partial charge in [0, 0.05) is 35.0 Å². The van der Waals surface area contributed by atoms with Crippen LogP contribution in [0.3, 0.4) is 0 Å². The number of allylic oxidation sites excluding steroid dienone is 1. The van der Waals surface area contributed by atoms with Gasteiger partial charge in [-0.25, -0.2) is 4.79 Å². The van der Waals surface area contributed by atoms with Crippen molar-refractivity contribution in [3.8, 4) is 11.1 Å². The second-order valence-electron chi connectivity index (χ2n) is 10.1. The first-order chi connectivity index (χ1) is 15.8. The highest BCUT2D eigenvalue weighted by Crippen LogP contribution is 2.49. The van der Waals surface area contributed by atoms with Crippen LogP contribution in [0.2, 0.25) is 0 Å². The summed E-state index contributed by atoms with van der Waals surface area (Å²) in [6, 6.07) is 16.7. The van der Waals surface area contributed by atoms with Crippen LogP contribution in [0.25, 0.3) is 22.0 Å². The third kappa shape index (κ3) is 3.80. The van der Waals surface area contributed by atoms with Gasteiger partial charge in [0.05, 0.1) is 18.8 Å². The van der Waals surface area contributed by atoms with E-state index in [0.29, 0.717) is 17.7 Å². The maximum atomic E-state index is 12.9. The summed E-state index contributed by atoms with van der Waals surface area (Å²) >= 11 is 0. The molecule has 2 aromatic carbocycles. The van der Waals surface area contributed by atoms with Crippen LogP contribution >= 0.6 is 0 Å². The fourth-order valence-electron chi connectivity index (χ4n) is 5.71. The molecule has 3 unspecified atom stereocenters. The Morgan fingerprint density at radius 3 is 2.73 bits per heavy atom. The number of hydrogen-bond acceptors (Lipinski definition) is 4. The average Bonchev–Trinajstić information content (AvgIpc) is 3.25. The number of aliphatic imine (C=N–C) groups is 1. The number of H-pyrrole nitrogens is 1. The van der Waals surface area contributed by atoms with E-state index in [4.69, 9.17) is 9.73 Å². The largest absolute Gasteiger partial charge is 0.466 e. The van der Waals surface area contributed by atoms with Crippen LogP contribution in [0.5, 0.6) is 0 Å². The Hall–Kier alpha value is -3.18. The van der Waals surface area contributed by atoms with Crippen molar-refractivity contribution in [2.75, 3.05) is 7.11 Å². The van der Waals surface area contributed by atoms with Crippen molar-refractivity contribution in [3.63, 3.8) is 0 Å². The fraction of sp³-hybridized carbons (Fsp3) is 0.357. The first-order valence-electron chi connectivity index (χ1n) is 11.5. The molecule has 2 N–H and O–H groups in total. The summed E-state index contributed by atoms with van der Waals surface area (Å²) in [7, 11) is 1.40. The number of fused-ring (bicyclic) bond motifs is 2. The minimum absolute atomic E-state index is 0.0316. The minimum atomic E-state index is -0.579. The molecule has 1 fully saturated rings. The van der Waals surface area contributed by atoms with Crippen molar-refractivity contribution >= 4 is 22.6 Å². The van der Waals surface area contributed by atoms with Crippen molar-refractivity contribution in [2.24, 2.45) is 16.3 Å². The summed E-state index contributed by atoms with van der Waals surface area (Å²) in [5.74, 6) is -0.915. The van der Waals surface area contributed by atoms with Crippen molar-refractivity contribution in [1.82, 2.24) is 4.98 Å². The first-order valence-corrected chi connectivity index (χ1v) is 11.5. The van der Waals surface area contributed by atoms with Gasteiger partial charge in [0.25, 0.3) is 0 Å². The van der Waals surface area contributed by atoms with E-state index in [0.717, 1.165) is 39.7 Å². The van der Waals surface area contributed by atoms with Gasteiger partial charge in [-0.1, -0.05) is 44.2 Å². The van der Waals surface area contributed by atoms with E-state index in [9.17, 15) is 9.90 Å². The predicted octanol–water partition coefficient (Wildman–Crippen LogP) is 5.62. The predicted molar refractivity (Wildman–Crippen MR) is 131 cm³/mol. The quantitative estimate of drug-likeness (QED) is 0.517. The molecule has 5 nitrogen and oxygen atoms in total. The number of carbonyl (C=O) groups is 1. The number of benzene rings is 2. The normalized spacial score (nSPS) is 24.4. The smallest absolute Gasteiger partial charge is 0.336 e. The zero-order valence-electron chi connectivity index (χ0n) is 19.6. The molecule has 1 aliphatic carbocycles. The average molecular weight is 443 g/mol. The zero-order valence-corrected chi connectivity index (χ0v) is 19.6. The highest BCUT2D eigenvalue weighted by atomic mass is 16.5. The molecular weight excluding hydrogens is 412 g/mol. The van der Waals surface area contributed by atoms with Gasteiger partial charge < -0.3 is 14.8 Å². The Bertz CT molecular complexity index is 1300. The van der Waals surface area contributed by atoms with E-state index in [1.54, 1.807) is 0 Å². The van der Waals surface area contributed by atoms with Gasteiger partial charge in [-0.2, -0.15) is 0 Å². The number of ether oxygens (including phenoxy) is 1. The molecule has 1 saturated carbocycles. The van der Waals surface area contributed by atoms with Crippen LogP contribution in [0.4, 0.5) is 0 Å². The van der Waals surface area contributed by atoms with Crippen LogP contribution in [0.1, 0.15) is 45.1 Å². The number of aliphatic hydroxyl groups excluding tert-OH is 1. The number of nitrogens with one attached hydrogen (secondary N) is 1. The van der Waals surface area contributed by atoms with Crippen LogP contribution in [0.15, 0.2) is 71.0 Å². The molecule has 2 heterocycles. The number of rotatable bonds is 3. The number of aromatic amines is 1. The zero-order chi connectivity index (χ0) is 23.3. The molecule has 0 radical (unpaired) electrons. The molecule has 3 atom stereocenters. The summed E-state index contributed by atoms with van der Waals surface area (Å²) < 4.78 is 5.17. The van der Waals surface area contributed by atoms with Crippen molar-refractivity contribution in [3.05, 3.63) is 71.6 Å². The molecule has 170 valence electrons. The number of aromatic nitrogens is 1. The number of carbonyl (C=O) groups excluding carboxylic acids is 1. The lowest BCUT2D eigenvalue weighted by Crippen LogP contribution is -2.46. The third-order valence-electron chi connectivity index (χ3n) is 7.13. The Morgan fingerprint density at radius 1 is 1.15 bits per heavy atom. The molecule has 0 bridgehead atoms. The number of aliphatic hydroxyl groups is 1. The Labute approximate surface area is 194 Å². The lowest BCUT2D eigenvalue weighted by molar-refractivity contribution is -0.136. The van der Waals surface area contributed by atoms with Gasteiger partial charge in [0.15, 0.2) is 0 Å². The second-order valence-corrected chi connectivity index (χ2v) is 10.1. The van der Waals surface area contributed by atoms with Gasteiger partial charge in [0.2, 0.25) is 0 Å². The van der Waals surface area contributed by atoms with Crippen molar-refractivity contribution in [1.29, 1.82) is 0 Å². The Balaban J connectivity index is 1.63. The molecule has 1 aliphatic heterocycles. The van der Waals surface area contributed by atoms with Crippen LogP contribution < -0.4 is 0 Å². The van der Waals surface area contributed by atoms with Crippen molar-refractivity contribution < 1.29 is 14.6 Å². The number of methoxy groups -OCH3 is 1. The standard InChI is InChI=1S/C28H30N2O3/c1-16-24(27(32)33-4)25(26-22(30-16)14-28(2,3)15-23(26)31)20-7-5-6-17(13-20)18-8-9-21-19(12-18)10-11-29-21/h5-13,23,25-26,29,31H,14-15H2,1-4H3. The van der Waals surface area contributed by atoms with Gasteiger partial charge in [-0.3, -0.25) is 4.99 Å². The van der Waals surface area contributed by atoms with Crippen LogP contribution in [-0.2, 0) is 9.53 Å². The SMILES string of the molecule is COC(=O)C1=C(C)N=C2CC(C)(C)CC(O)C2C1c1cccc(-c2ccc3[nH]ccc3c2)c1. The van der Waals surface area contributed by atoms with E-state index in [-0.39, 0.29) is 23.2 Å². The van der Waals surface area contributed by atoms with Crippen LogP contribution in [0, 0.1) is 11.3 Å². The topological polar surface area (TPSA) is 74.7 Å². The maximum absolute atomic E-state index is 12.9. The molecule has 0 amide bonds. The van der Waals surface area contributed by atoms with Crippen LogP contribution in [-0.4, -0.2) is 35.0 Å².